The summed E-state index contributed by atoms with van der Waals surface area (Å²) >= 11 is 3.47. The number of hydrogen-bond acceptors (Lipinski definition) is 1. The molecule has 1 nitrogen and oxygen atoms in total. The van der Waals surface area contributed by atoms with E-state index in [-0.39, 0.29) is 0 Å². The van der Waals surface area contributed by atoms with Crippen molar-refractivity contribution in [2.45, 2.75) is 19.4 Å². The smallest absolute Gasteiger partial charge is 0.0354 e. The molecule has 1 unspecified atom stereocenters. The predicted molar refractivity (Wildman–Crippen MR) is 65.5 cm³/mol. The molecule has 0 aliphatic carbocycles. The molecule has 0 aliphatic heterocycles. The lowest BCUT2D eigenvalue weighted by Crippen LogP contribution is -2.16. The highest BCUT2D eigenvalue weighted by Crippen LogP contribution is 2.23. The first-order chi connectivity index (χ1) is 6.69. The molecule has 1 rings (SSSR count). The van der Waals surface area contributed by atoms with Crippen LogP contribution < -0.4 is 5.32 Å². The Morgan fingerprint density at radius 1 is 1.57 bits per heavy atom. The van der Waals surface area contributed by atoms with Crippen LogP contribution in [0.5, 0.6) is 0 Å². The van der Waals surface area contributed by atoms with Gasteiger partial charge in [-0.25, -0.2) is 0 Å². The van der Waals surface area contributed by atoms with E-state index in [2.05, 4.69) is 52.9 Å². The molecule has 0 aromatic heterocycles. The van der Waals surface area contributed by atoms with Gasteiger partial charge in [-0.05, 0) is 43.7 Å². The standard InChI is InChI=1S/C12H16BrN/c1-4-5-12(14-3)11-7-6-10(13)8-9(11)2/h4,6-8,12,14H,1,5H2,2-3H3. The maximum Gasteiger partial charge on any atom is 0.0354 e. The van der Waals surface area contributed by atoms with Gasteiger partial charge in [0.2, 0.25) is 0 Å². The van der Waals surface area contributed by atoms with Gasteiger partial charge in [0.15, 0.2) is 0 Å². The van der Waals surface area contributed by atoms with Gasteiger partial charge in [-0.1, -0.05) is 28.1 Å². The average Bonchev–Trinajstić information content (AvgIpc) is 2.15. The zero-order valence-electron chi connectivity index (χ0n) is 8.68. The third-order valence-electron chi connectivity index (χ3n) is 2.36. The molecule has 0 fully saturated rings. The summed E-state index contributed by atoms with van der Waals surface area (Å²) in [6.07, 6.45) is 2.90. The van der Waals surface area contributed by atoms with Crippen molar-refractivity contribution in [3.8, 4) is 0 Å². The van der Waals surface area contributed by atoms with Crippen molar-refractivity contribution in [1.29, 1.82) is 0 Å². The molecule has 1 atom stereocenters. The largest absolute Gasteiger partial charge is 0.313 e. The van der Waals surface area contributed by atoms with Gasteiger partial charge in [-0.3, -0.25) is 0 Å². The Bertz CT molecular complexity index is 320. The molecule has 14 heavy (non-hydrogen) atoms. The van der Waals surface area contributed by atoms with Gasteiger partial charge in [-0.2, -0.15) is 0 Å². The lowest BCUT2D eigenvalue weighted by molar-refractivity contribution is 0.600. The Kier molecular flexibility index (Phi) is 4.36. The monoisotopic (exact) mass is 253 g/mol. The Hall–Kier alpha value is -0.600. The molecule has 2 heteroatoms. The van der Waals surface area contributed by atoms with Crippen LogP contribution in [0.25, 0.3) is 0 Å². The number of halogens is 1. The van der Waals surface area contributed by atoms with E-state index in [0.717, 1.165) is 10.9 Å². The minimum absolute atomic E-state index is 0.376. The van der Waals surface area contributed by atoms with E-state index in [4.69, 9.17) is 0 Å². The normalized spacial score (nSPS) is 12.5. The van der Waals surface area contributed by atoms with E-state index in [9.17, 15) is 0 Å². The molecule has 0 spiro atoms. The van der Waals surface area contributed by atoms with Crippen molar-refractivity contribution in [3.63, 3.8) is 0 Å². The van der Waals surface area contributed by atoms with Crippen molar-refractivity contribution in [3.05, 3.63) is 46.5 Å². The van der Waals surface area contributed by atoms with Gasteiger partial charge in [0.05, 0.1) is 0 Å². The van der Waals surface area contributed by atoms with Gasteiger partial charge in [0.1, 0.15) is 0 Å². The van der Waals surface area contributed by atoms with E-state index in [1.54, 1.807) is 0 Å². The predicted octanol–water partition coefficient (Wildman–Crippen LogP) is 3.59. The molecule has 1 aromatic carbocycles. The molecule has 0 radical (unpaired) electrons. The molecule has 1 aromatic rings. The molecule has 1 N–H and O–H groups in total. The molecular formula is C12H16BrN. The van der Waals surface area contributed by atoms with E-state index < -0.39 is 0 Å². The molecule has 0 saturated heterocycles. The molecule has 0 bridgehead atoms. The van der Waals surface area contributed by atoms with Gasteiger partial charge < -0.3 is 5.32 Å². The maximum atomic E-state index is 3.77. The van der Waals surface area contributed by atoms with Crippen molar-refractivity contribution in [2.75, 3.05) is 7.05 Å². The first-order valence-electron chi connectivity index (χ1n) is 4.73. The highest BCUT2D eigenvalue weighted by atomic mass is 79.9. The zero-order chi connectivity index (χ0) is 10.6. The SMILES string of the molecule is C=CCC(NC)c1ccc(Br)cc1C. The second kappa shape index (κ2) is 5.32. The number of nitrogens with one attached hydrogen (secondary N) is 1. The number of rotatable bonds is 4. The Balaban J connectivity index is 2.97. The first-order valence-corrected chi connectivity index (χ1v) is 5.52. The Morgan fingerprint density at radius 2 is 2.29 bits per heavy atom. The topological polar surface area (TPSA) is 12.0 Å². The van der Waals surface area contributed by atoms with E-state index >= 15 is 0 Å². The van der Waals surface area contributed by atoms with Crippen LogP contribution >= 0.6 is 15.9 Å². The summed E-state index contributed by atoms with van der Waals surface area (Å²) in [7, 11) is 1.98. The summed E-state index contributed by atoms with van der Waals surface area (Å²) < 4.78 is 1.13. The minimum atomic E-state index is 0.376. The third-order valence-corrected chi connectivity index (χ3v) is 2.85. The fourth-order valence-corrected chi connectivity index (χ4v) is 2.07. The van der Waals surface area contributed by atoms with E-state index in [0.29, 0.717) is 6.04 Å². The summed E-state index contributed by atoms with van der Waals surface area (Å²) in [6.45, 7) is 5.90. The summed E-state index contributed by atoms with van der Waals surface area (Å²) in [5, 5.41) is 3.29. The fourth-order valence-electron chi connectivity index (χ4n) is 1.60. The van der Waals surface area contributed by atoms with Crippen LogP contribution in [-0.4, -0.2) is 7.05 Å². The molecular weight excluding hydrogens is 238 g/mol. The lowest BCUT2D eigenvalue weighted by Gasteiger charge is -2.17. The van der Waals surface area contributed by atoms with E-state index in [1.807, 2.05) is 13.1 Å². The zero-order valence-corrected chi connectivity index (χ0v) is 10.3. The van der Waals surface area contributed by atoms with Crippen LogP contribution in [-0.2, 0) is 0 Å². The summed E-state index contributed by atoms with van der Waals surface area (Å²) in [4.78, 5) is 0. The molecule has 0 heterocycles. The van der Waals surface area contributed by atoms with Gasteiger partial charge in [0.25, 0.3) is 0 Å². The second-order valence-electron chi connectivity index (χ2n) is 3.37. The summed E-state index contributed by atoms with van der Waals surface area (Å²) in [6, 6.07) is 6.75. The second-order valence-corrected chi connectivity index (χ2v) is 4.28. The number of benzene rings is 1. The Morgan fingerprint density at radius 3 is 2.79 bits per heavy atom. The highest BCUT2D eigenvalue weighted by molar-refractivity contribution is 9.10. The lowest BCUT2D eigenvalue weighted by atomic mass is 9.99. The minimum Gasteiger partial charge on any atom is -0.313 e. The first kappa shape index (κ1) is 11.5. The van der Waals surface area contributed by atoms with Gasteiger partial charge in [-0.15, -0.1) is 6.58 Å². The molecule has 76 valence electrons. The number of hydrogen-bond donors (Lipinski definition) is 1. The molecule has 0 amide bonds. The third kappa shape index (κ3) is 2.69. The van der Waals surface area contributed by atoms with Crippen LogP contribution in [0.2, 0.25) is 0 Å². The van der Waals surface area contributed by atoms with Crippen molar-refractivity contribution < 1.29 is 0 Å². The summed E-state index contributed by atoms with van der Waals surface area (Å²) in [5.41, 5.74) is 2.65. The van der Waals surface area contributed by atoms with Crippen LogP contribution in [0.15, 0.2) is 35.3 Å². The van der Waals surface area contributed by atoms with Crippen LogP contribution in [0, 0.1) is 6.92 Å². The van der Waals surface area contributed by atoms with E-state index in [1.165, 1.54) is 11.1 Å². The van der Waals surface area contributed by atoms with Gasteiger partial charge >= 0.3 is 0 Å². The Labute approximate surface area is 94.3 Å². The van der Waals surface area contributed by atoms with Crippen LogP contribution in [0.3, 0.4) is 0 Å². The van der Waals surface area contributed by atoms with Crippen molar-refractivity contribution in [2.24, 2.45) is 0 Å². The van der Waals surface area contributed by atoms with Crippen LogP contribution in [0.1, 0.15) is 23.6 Å². The summed E-state index contributed by atoms with van der Waals surface area (Å²) in [5.74, 6) is 0. The average molecular weight is 254 g/mol. The van der Waals surface area contributed by atoms with Crippen LogP contribution in [0.4, 0.5) is 0 Å². The maximum absolute atomic E-state index is 3.77. The highest BCUT2D eigenvalue weighted by Gasteiger charge is 2.09. The quantitative estimate of drug-likeness (QED) is 0.809. The fraction of sp³-hybridized carbons (Fsp3) is 0.333. The molecule has 0 aliphatic rings. The van der Waals surface area contributed by atoms with Crippen molar-refractivity contribution in [1.82, 2.24) is 5.32 Å². The number of aryl methyl sites for hydroxylation is 1. The molecule has 0 saturated carbocycles. The van der Waals surface area contributed by atoms with Crippen molar-refractivity contribution >= 4 is 15.9 Å². The van der Waals surface area contributed by atoms with Gasteiger partial charge in [0, 0.05) is 10.5 Å².